The van der Waals surface area contributed by atoms with E-state index >= 15 is 0 Å². The van der Waals surface area contributed by atoms with Gasteiger partial charge in [-0.05, 0) is 37.5 Å². The Hall–Kier alpha value is -3.02. The average Bonchev–Trinajstić information content (AvgIpc) is 2.77. The van der Waals surface area contributed by atoms with Gasteiger partial charge in [0.1, 0.15) is 5.82 Å². The van der Waals surface area contributed by atoms with Crippen molar-refractivity contribution in [1.29, 1.82) is 0 Å². The zero-order chi connectivity index (χ0) is 24.2. The Labute approximate surface area is 219 Å². The van der Waals surface area contributed by atoms with E-state index in [1.54, 1.807) is 13.1 Å². The molecule has 176 valence electrons. The number of aromatic nitrogens is 1. The number of hydrogen-bond donors (Lipinski definition) is 4. The standard InChI is InChI=1S/C22H27N5O6.Na/c1-15-8-9-16(12-18(15)27(32)33)17(13-22(30)31)26-21(29)14-25-20(28)7-3-5-11-24-19-6-2-4-10-23-19;/h2,4,6,8-10,12,17H,3,5,7,11,13-14H2,1H3,(H,23,24)(H,25,28)(H,26,29)(H,30,31);/q;+1. The first kappa shape index (κ1) is 29.0. The van der Waals surface area contributed by atoms with Crippen molar-refractivity contribution >= 4 is 29.3 Å². The summed E-state index contributed by atoms with van der Waals surface area (Å²) in [6.45, 7) is 1.90. The van der Waals surface area contributed by atoms with Gasteiger partial charge in [0.15, 0.2) is 0 Å². The minimum absolute atomic E-state index is 0. The molecule has 1 aromatic heterocycles. The molecule has 1 atom stereocenters. The molecule has 12 heteroatoms. The fraction of sp³-hybridized carbons (Fsp3) is 0.364. The van der Waals surface area contributed by atoms with Crippen LogP contribution in [0.15, 0.2) is 42.6 Å². The molecule has 0 fully saturated rings. The van der Waals surface area contributed by atoms with E-state index in [0.717, 1.165) is 12.2 Å². The van der Waals surface area contributed by atoms with Crippen molar-refractivity contribution < 1.29 is 54.0 Å². The summed E-state index contributed by atoms with van der Waals surface area (Å²) in [6.07, 6.45) is 2.82. The number of nitro groups is 1. The molecule has 0 spiro atoms. The largest absolute Gasteiger partial charge is 1.00 e. The fourth-order valence-electron chi connectivity index (χ4n) is 3.07. The van der Waals surface area contributed by atoms with E-state index in [2.05, 4.69) is 20.9 Å². The van der Waals surface area contributed by atoms with Gasteiger partial charge in [-0.2, -0.15) is 0 Å². The quantitative estimate of drug-likeness (QED) is 0.127. The molecule has 1 aromatic carbocycles. The third-order valence-electron chi connectivity index (χ3n) is 4.79. The zero-order valence-electron chi connectivity index (χ0n) is 19.2. The maximum atomic E-state index is 12.3. The van der Waals surface area contributed by atoms with Gasteiger partial charge in [0.2, 0.25) is 11.8 Å². The summed E-state index contributed by atoms with van der Waals surface area (Å²) in [7, 11) is 0. The van der Waals surface area contributed by atoms with Crippen molar-refractivity contribution in [3.05, 3.63) is 63.8 Å². The van der Waals surface area contributed by atoms with Crippen LogP contribution in [0.3, 0.4) is 0 Å². The molecule has 0 aliphatic carbocycles. The minimum atomic E-state index is -1.17. The molecule has 0 radical (unpaired) electrons. The van der Waals surface area contributed by atoms with Crippen LogP contribution in [0.1, 0.15) is 42.9 Å². The SMILES string of the molecule is Cc1ccc(C(CC(=O)O)NC(=O)CNC(=O)CCCCNc2ccccn2)cc1[N+](=O)[O-].[Na+]. The predicted octanol–water partition coefficient (Wildman–Crippen LogP) is -0.667. The van der Waals surface area contributed by atoms with Gasteiger partial charge in [0.25, 0.3) is 5.69 Å². The maximum Gasteiger partial charge on any atom is 1.00 e. The summed E-state index contributed by atoms with van der Waals surface area (Å²) in [5, 5.41) is 28.5. The van der Waals surface area contributed by atoms with Gasteiger partial charge in [0, 0.05) is 30.8 Å². The third-order valence-corrected chi connectivity index (χ3v) is 4.79. The molecule has 0 aliphatic heterocycles. The number of carboxylic acids is 1. The molecule has 34 heavy (non-hydrogen) atoms. The Bertz CT molecular complexity index is 989. The number of anilines is 1. The van der Waals surface area contributed by atoms with Crippen molar-refractivity contribution in [1.82, 2.24) is 15.6 Å². The van der Waals surface area contributed by atoms with Crippen LogP contribution in [0.2, 0.25) is 0 Å². The number of carboxylic acid groups (broad SMARTS) is 1. The number of benzene rings is 1. The Morgan fingerprint density at radius 1 is 1.15 bits per heavy atom. The topological polar surface area (TPSA) is 164 Å². The van der Waals surface area contributed by atoms with Crippen LogP contribution in [0, 0.1) is 17.0 Å². The van der Waals surface area contributed by atoms with E-state index < -0.39 is 29.3 Å². The molecule has 1 unspecified atom stereocenters. The summed E-state index contributed by atoms with van der Waals surface area (Å²) in [6, 6.07) is 8.85. The number of hydrogen-bond acceptors (Lipinski definition) is 7. The average molecular weight is 480 g/mol. The molecule has 11 nitrogen and oxygen atoms in total. The van der Waals surface area contributed by atoms with E-state index in [9.17, 15) is 24.5 Å². The van der Waals surface area contributed by atoms with Gasteiger partial charge in [-0.25, -0.2) is 4.98 Å². The number of aliphatic carboxylic acids is 1. The molecule has 0 aliphatic rings. The van der Waals surface area contributed by atoms with E-state index in [0.29, 0.717) is 24.1 Å². The summed E-state index contributed by atoms with van der Waals surface area (Å²) in [5.74, 6) is -1.31. The first-order valence-corrected chi connectivity index (χ1v) is 10.4. The number of carbonyl (C=O) groups is 3. The smallest absolute Gasteiger partial charge is 0.481 e. The Kier molecular flexibility index (Phi) is 12.8. The monoisotopic (exact) mass is 480 g/mol. The number of rotatable bonds is 13. The molecule has 1 heterocycles. The number of carbonyl (C=O) groups excluding carboxylic acids is 2. The first-order chi connectivity index (χ1) is 15.8. The Morgan fingerprint density at radius 3 is 2.56 bits per heavy atom. The van der Waals surface area contributed by atoms with Crippen LogP contribution in [0.25, 0.3) is 0 Å². The van der Waals surface area contributed by atoms with Gasteiger partial charge in [-0.1, -0.05) is 18.2 Å². The Balaban J connectivity index is 0.00000578. The molecule has 4 N–H and O–H groups in total. The third kappa shape index (κ3) is 10.3. The molecule has 0 bridgehead atoms. The number of amides is 2. The molecule has 0 saturated carbocycles. The van der Waals surface area contributed by atoms with E-state index in [1.807, 2.05) is 18.2 Å². The number of nitro benzene ring substituents is 1. The van der Waals surface area contributed by atoms with Crippen molar-refractivity contribution in [2.75, 3.05) is 18.4 Å². The van der Waals surface area contributed by atoms with Crippen LogP contribution in [0.5, 0.6) is 0 Å². The van der Waals surface area contributed by atoms with E-state index in [-0.39, 0.29) is 54.1 Å². The van der Waals surface area contributed by atoms with Gasteiger partial charge in [-0.15, -0.1) is 0 Å². The van der Waals surface area contributed by atoms with Gasteiger partial charge in [-0.3, -0.25) is 24.5 Å². The van der Waals surface area contributed by atoms with Crippen molar-refractivity contribution in [2.45, 2.75) is 38.6 Å². The summed E-state index contributed by atoms with van der Waals surface area (Å²) in [4.78, 5) is 50.2. The minimum Gasteiger partial charge on any atom is -0.481 e. The van der Waals surface area contributed by atoms with Crippen molar-refractivity contribution in [2.24, 2.45) is 0 Å². The van der Waals surface area contributed by atoms with Crippen LogP contribution in [-0.2, 0) is 14.4 Å². The molecular weight excluding hydrogens is 453 g/mol. The van der Waals surface area contributed by atoms with Gasteiger partial charge >= 0.3 is 35.5 Å². The number of nitrogens with one attached hydrogen (secondary N) is 3. The maximum absolute atomic E-state index is 12.3. The van der Waals surface area contributed by atoms with E-state index in [1.165, 1.54) is 18.2 Å². The Morgan fingerprint density at radius 2 is 1.91 bits per heavy atom. The van der Waals surface area contributed by atoms with Gasteiger partial charge < -0.3 is 21.1 Å². The normalized spacial score (nSPS) is 11.0. The van der Waals surface area contributed by atoms with E-state index in [4.69, 9.17) is 5.11 Å². The molecule has 2 aromatic rings. The second kappa shape index (κ2) is 15.0. The molecule has 2 amide bonds. The van der Waals surface area contributed by atoms with Crippen LogP contribution in [-0.4, -0.2) is 45.9 Å². The zero-order valence-corrected chi connectivity index (χ0v) is 21.2. The second-order valence-electron chi connectivity index (χ2n) is 7.40. The van der Waals surface area contributed by atoms with Crippen molar-refractivity contribution in [3.63, 3.8) is 0 Å². The fourth-order valence-corrected chi connectivity index (χ4v) is 3.07. The molecular formula is C22H27N5NaO6+. The van der Waals surface area contributed by atoms with Crippen molar-refractivity contribution in [3.8, 4) is 0 Å². The molecule has 2 rings (SSSR count). The van der Waals surface area contributed by atoms with Crippen LogP contribution in [0.4, 0.5) is 11.5 Å². The predicted molar refractivity (Wildman–Crippen MR) is 121 cm³/mol. The van der Waals surface area contributed by atoms with Gasteiger partial charge in [0.05, 0.1) is 23.9 Å². The molecule has 0 saturated heterocycles. The number of pyridine rings is 1. The number of nitrogens with zero attached hydrogens (tertiary/aromatic N) is 2. The second-order valence-corrected chi connectivity index (χ2v) is 7.40. The van der Waals surface area contributed by atoms with Crippen LogP contribution < -0.4 is 45.5 Å². The van der Waals surface area contributed by atoms with Crippen LogP contribution >= 0.6 is 0 Å². The first-order valence-electron chi connectivity index (χ1n) is 10.4. The number of aryl methyl sites for hydroxylation is 1. The number of unbranched alkanes of at least 4 members (excludes halogenated alkanes) is 1. The summed E-state index contributed by atoms with van der Waals surface area (Å²) < 4.78 is 0. The summed E-state index contributed by atoms with van der Waals surface area (Å²) >= 11 is 0. The summed E-state index contributed by atoms with van der Waals surface area (Å²) in [5.41, 5.74) is 0.560.